The van der Waals surface area contributed by atoms with E-state index in [2.05, 4.69) is 15.5 Å². The molecule has 1 aliphatic rings. The first-order valence-electron chi connectivity index (χ1n) is 10.6. The van der Waals surface area contributed by atoms with Crippen LogP contribution in [0.2, 0.25) is 0 Å². The van der Waals surface area contributed by atoms with Gasteiger partial charge in [-0.2, -0.15) is 0 Å². The molecule has 0 aliphatic carbocycles. The maximum absolute atomic E-state index is 13.5. The molecule has 0 spiro atoms. The summed E-state index contributed by atoms with van der Waals surface area (Å²) >= 11 is 0. The van der Waals surface area contributed by atoms with Gasteiger partial charge in [-0.05, 0) is 43.7 Å². The normalized spacial score (nSPS) is 12.6. The zero-order chi connectivity index (χ0) is 23.1. The van der Waals surface area contributed by atoms with Crippen LogP contribution in [0.4, 0.5) is 11.4 Å². The van der Waals surface area contributed by atoms with Gasteiger partial charge >= 0.3 is 0 Å². The average Bonchev–Trinajstić information content (AvgIpc) is 3.43. The Morgan fingerprint density at radius 3 is 2.76 bits per heavy atom. The van der Waals surface area contributed by atoms with E-state index in [1.54, 1.807) is 31.9 Å². The number of para-hydroxylation sites is 1. The maximum Gasteiger partial charge on any atom is 0.259 e. The van der Waals surface area contributed by atoms with E-state index in [9.17, 15) is 9.59 Å². The van der Waals surface area contributed by atoms with Gasteiger partial charge in [-0.15, -0.1) is 0 Å². The van der Waals surface area contributed by atoms with Crippen molar-refractivity contribution in [2.24, 2.45) is 0 Å². The summed E-state index contributed by atoms with van der Waals surface area (Å²) in [6, 6.07) is 14.8. The number of pyridine rings is 1. The Balaban J connectivity index is 1.59. The van der Waals surface area contributed by atoms with Crippen LogP contribution < -0.4 is 15.0 Å². The second-order valence-corrected chi connectivity index (χ2v) is 7.88. The molecule has 166 valence electrons. The highest BCUT2D eigenvalue weighted by Gasteiger charge is 2.26. The van der Waals surface area contributed by atoms with Crippen molar-refractivity contribution in [3.8, 4) is 17.0 Å². The highest BCUT2D eigenvalue weighted by molar-refractivity contribution is 6.13. The van der Waals surface area contributed by atoms with E-state index in [-0.39, 0.29) is 17.5 Å². The Bertz CT molecular complexity index is 1410. The van der Waals surface area contributed by atoms with Crippen molar-refractivity contribution < 1.29 is 18.8 Å². The monoisotopic (exact) mass is 442 g/mol. The van der Waals surface area contributed by atoms with E-state index >= 15 is 0 Å². The predicted octanol–water partition coefficient (Wildman–Crippen LogP) is 4.37. The largest absolute Gasteiger partial charge is 0.496 e. The molecule has 0 fully saturated rings. The highest BCUT2D eigenvalue weighted by Crippen LogP contribution is 2.35. The third-order valence-electron chi connectivity index (χ3n) is 5.90. The summed E-state index contributed by atoms with van der Waals surface area (Å²) < 4.78 is 10.9. The van der Waals surface area contributed by atoms with Crippen LogP contribution >= 0.6 is 0 Å². The second-order valence-electron chi connectivity index (χ2n) is 7.88. The zero-order valence-corrected chi connectivity index (χ0v) is 18.5. The van der Waals surface area contributed by atoms with E-state index < -0.39 is 0 Å². The highest BCUT2D eigenvalue weighted by atomic mass is 16.5. The molecule has 0 bridgehead atoms. The Hall–Kier alpha value is -4.20. The third kappa shape index (κ3) is 3.49. The van der Waals surface area contributed by atoms with Crippen molar-refractivity contribution in [2.75, 3.05) is 23.9 Å². The number of benzene rings is 2. The smallest absolute Gasteiger partial charge is 0.259 e. The minimum Gasteiger partial charge on any atom is -0.496 e. The summed E-state index contributed by atoms with van der Waals surface area (Å²) in [5, 5.41) is 7.61. The van der Waals surface area contributed by atoms with Crippen LogP contribution in [0.3, 0.4) is 0 Å². The molecule has 0 atom stereocenters. The van der Waals surface area contributed by atoms with Crippen LogP contribution in [-0.2, 0) is 11.2 Å². The summed E-state index contributed by atoms with van der Waals surface area (Å²) in [6.07, 6.45) is 0.676. The topological polar surface area (TPSA) is 97.6 Å². The van der Waals surface area contributed by atoms with Gasteiger partial charge in [0.05, 0.1) is 29.4 Å². The van der Waals surface area contributed by atoms with Crippen molar-refractivity contribution in [1.29, 1.82) is 0 Å². The van der Waals surface area contributed by atoms with Gasteiger partial charge in [-0.1, -0.05) is 23.4 Å². The van der Waals surface area contributed by atoms with Crippen LogP contribution in [-0.4, -0.2) is 35.6 Å². The fraction of sp³-hybridized carbons (Fsp3) is 0.200. The first kappa shape index (κ1) is 20.7. The quantitative estimate of drug-likeness (QED) is 0.504. The number of anilines is 2. The molecule has 0 unspecified atom stereocenters. The minimum absolute atomic E-state index is 0.0189. The Morgan fingerprint density at radius 1 is 1.15 bits per heavy atom. The lowest BCUT2D eigenvalue weighted by molar-refractivity contribution is -0.116. The van der Waals surface area contributed by atoms with Gasteiger partial charge < -0.3 is 19.5 Å². The molecule has 2 amide bonds. The van der Waals surface area contributed by atoms with E-state index in [4.69, 9.17) is 9.26 Å². The van der Waals surface area contributed by atoms with Gasteiger partial charge in [0, 0.05) is 36.0 Å². The zero-order valence-electron chi connectivity index (χ0n) is 18.5. The summed E-state index contributed by atoms with van der Waals surface area (Å²) in [5.41, 5.74) is 5.00. The number of methoxy groups -OCH3 is 1. The molecule has 5 rings (SSSR count). The molecule has 2 aromatic carbocycles. The van der Waals surface area contributed by atoms with Crippen LogP contribution in [0.25, 0.3) is 22.4 Å². The van der Waals surface area contributed by atoms with Gasteiger partial charge in [0.15, 0.2) is 0 Å². The molecule has 0 saturated heterocycles. The molecule has 8 heteroatoms. The summed E-state index contributed by atoms with van der Waals surface area (Å²) in [5.74, 6) is 0.311. The number of nitrogens with zero attached hydrogens (tertiary/aromatic N) is 3. The van der Waals surface area contributed by atoms with Crippen molar-refractivity contribution in [3.05, 3.63) is 65.4 Å². The molecular formula is C25H22N4O4. The molecule has 0 radical (unpaired) electrons. The lowest BCUT2D eigenvalue weighted by Crippen LogP contribution is -2.25. The van der Waals surface area contributed by atoms with E-state index in [1.807, 2.05) is 42.5 Å². The van der Waals surface area contributed by atoms with Crippen molar-refractivity contribution in [2.45, 2.75) is 20.3 Å². The molecule has 0 saturated carbocycles. The van der Waals surface area contributed by atoms with Gasteiger partial charge in [-0.25, -0.2) is 4.98 Å². The van der Waals surface area contributed by atoms with Crippen molar-refractivity contribution >= 4 is 34.3 Å². The molecular weight excluding hydrogens is 420 g/mol. The molecule has 4 aromatic rings. The van der Waals surface area contributed by atoms with E-state index in [1.165, 1.54) is 0 Å². The lowest BCUT2D eigenvalue weighted by atomic mass is 10.0. The Labute approximate surface area is 190 Å². The van der Waals surface area contributed by atoms with E-state index in [0.717, 1.165) is 16.8 Å². The van der Waals surface area contributed by atoms with Gasteiger partial charge in [0.1, 0.15) is 5.75 Å². The SMILES string of the molecule is COc1ccccc1-c1cc(C(=O)Nc2cccc3c2CCN3C(C)=O)c2c(C)noc2n1. The van der Waals surface area contributed by atoms with Crippen molar-refractivity contribution in [3.63, 3.8) is 0 Å². The summed E-state index contributed by atoms with van der Waals surface area (Å²) in [4.78, 5) is 31.8. The third-order valence-corrected chi connectivity index (χ3v) is 5.90. The van der Waals surface area contributed by atoms with Gasteiger partial charge in [-0.3, -0.25) is 9.59 Å². The number of amides is 2. The Morgan fingerprint density at radius 2 is 1.97 bits per heavy atom. The molecule has 1 N–H and O–H groups in total. The fourth-order valence-electron chi connectivity index (χ4n) is 4.34. The van der Waals surface area contributed by atoms with Crippen LogP contribution in [0, 0.1) is 6.92 Å². The molecule has 8 nitrogen and oxygen atoms in total. The van der Waals surface area contributed by atoms with Crippen LogP contribution in [0.5, 0.6) is 5.75 Å². The van der Waals surface area contributed by atoms with E-state index in [0.29, 0.717) is 46.7 Å². The first-order valence-corrected chi connectivity index (χ1v) is 10.6. The Kier molecular flexibility index (Phi) is 5.05. The predicted molar refractivity (Wildman–Crippen MR) is 125 cm³/mol. The summed E-state index contributed by atoms with van der Waals surface area (Å²) in [7, 11) is 1.59. The lowest BCUT2D eigenvalue weighted by Gasteiger charge is -2.16. The number of nitrogens with one attached hydrogen (secondary N) is 1. The molecule has 2 aromatic heterocycles. The molecule has 1 aliphatic heterocycles. The first-order chi connectivity index (χ1) is 16.0. The van der Waals surface area contributed by atoms with Gasteiger partial charge in [0.25, 0.3) is 11.6 Å². The standard InChI is InChI=1S/C25H22N4O4/c1-14-23-18(13-20(27-25(23)33-28-14)17-7-4-5-10-22(17)32-3)24(31)26-19-8-6-9-21-16(19)11-12-29(21)15(2)30/h4-10,13H,11-12H2,1-3H3,(H,26,31). The van der Waals surface area contributed by atoms with Gasteiger partial charge in [0.2, 0.25) is 5.91 Å². The number of hydrogen-bond donors (Lipinski definition) is 1. The number of fused-ring (bicyclic) bond motifs is 2. The summed E-state index contributed by atoms with van der Waals surface area (Å²) in [6.45, 7) is 3.92. The number of aromatic nitrogens is 2. The molecule has 3 heterocycles. The maximum atomic E-state index is 13.5. The van der Waals surface area contributed by atoms with Crippen molar-refractivity contribution in [1.82, 2.24) is 10.1 Å². The number of aryl methyl sites for hydroxylation is 1. The number of carbonyl (C=O) groups is 2. The fourth-order valence-corrected chi connectivity index (χ4v) is 4.34. The average molecular weight is 442 g/mol. The second kappa shape index (κ2) is 8.05. The number of rotatable bonds is 4. The number of ether oxygens (including phenoxy) is 1. The van der Waals surface area contributed by atoms with Crippen LogP contribution in [0.15, 0.2) is 53.1 Å². The van der Waals surface area contributed by atoms with Crippen LogP contribution in [0.1, 0.15) is 28.5 Å². The number of hydrogen-bond acceptors (Lipinski definition) is 6. The number of carbonyl (C=O) groups excluding carboxylic acids is 2. The minimum atomic E-state index is -0.306. The molecule has 33 heavy (non-hydrogen) atoms.